The van der Waals surface area contributed by atoms with Gasteiger partial charge in [0.05, 0.1) is 22.2 Å². The van der Waals surface area contributed by atoms with Gasteiger partial charge < -0.3 is 5.73 Å². The summed E-state index contributed by atoms with van der Waals surface area (Å²) >= 11 is 0. The number of nitrogens with zero attached hydrogens (tertiary/aromatic N) is 1. The SMILES string of the molecule is Cc1cc(C#N)ccc1S(=O)(=O)Nc1cccc(N)c1. The van der Waals surface area contributed by atoms with Gasteiger partial charge in [0.2, 0.25) is 0 Å². The maximum Gasteiger partial charge on any atom is 0.262 e. The average molecular weight is 287 g/mol. The quantitative estimate of drug-likeness (QED) is 0.846. The molecule has 0 heterocycles. The first kappa shape index (κ1) is 13.9. The maximum absolute atomic E-state index is 12.3. The van der Waals surface area contributed by atoms with Crippen molar-refractivity contribution in [1.82, 2.24) is 0 Å². The minimum absolute atomic E-state index is 0.138. The van der Waals surface area contributed by atoms with E-state index in [1.807, 2.05) is 6.07 Å². The summed E-state index contributed by atoms with van der Waals surface area (Å²) in [4.78, 5) is 0.138. The Hall–Kier alpha value is -2.52. The Morgan fingerprint density at radius 1 is 1.20 bits per heavy atom. The molecule has 5 nitrogen and oxygen atoms in total. The van der Waals surface area contributed by atoms with Gasteiger partial charge in [-0.3, -0.25) is 4.72 Å². The van der Waals surface area contributed by atoms with Gasteiger partial charge in [0.15, 0.2) is 0 Å². The summed E-state index contributed by atoms with van der Waals surface area (Å²) < 4.78 is 27.1. The molecule has 0 bridgehead atoms. The molecule has 0 saturated carbocycles. The molecule has 0 saturated heterocycles. The molecule has 0 atom stereocenters. The van der Waals surface area contributed by atoms with E-state index in [1.165, 1.54) is 24.3 Å². The molecule has 6 heteroatoms. The lowest BCUT2D eigenvalue weighted by Gasteiger charge is -2.10. The number of benzene rings is 2. The second-order valence-electron chi connectivity index (χ2n) is 4.32. The second-order valence-corrected chi connectivity index (χ2v) is 5.97. The van der Waals surface area contributed by atoms with Crippen LogP contribution in [0.1, 0.15) is 11.1 Å². The first-order valence-corrected chi connectivity index (χ1v) is 7.30. The van der Waals surface area contributed by atoms with Crippen LogP contribution < -0.4 is 10.5 Å². The molecule has 0 amide bonds. The van der Waals surface area contributed by atoms with Crippen LogP contribution in [0.2, 0.25) is 0 Å². The fourth-order valence-electron chi connectivity index (χ4n) is 1.83. The van der Waals surface area contributed by atoms with E-state index in [-0.39, 0.29) is 4.90 Å². The zero-order valence-corrected chi connectivity index (χ0v) is 11.6. The standard InChI is InChI=1S/C14H13N3O2S/c1-10-7-11(9-15)5-6-14(10)20(18,19)17-13-4-2-3-12(16)8-13/h2-8,17H,16H2,1H3. The molecule has 0 spiro atoms. The Bertz CT molecular complexity index is 792. The lowest BCUT2D eigenvalue weighted by atomic mass is 10.2. The summed E-state index contributed by atoms with van der Waals surface area (Å²) in [5.74, 6) is 0. The minimum Gasteiger partial charge on any atom is -0.399 e. The molecule has 0 fully saturated rings. The van der Waals surface area contributed by atoms with Crippen molar-refractivity contribution in [2.45, 2.75) is 11.8 Å². The van der Waals surface area contributed by atoms with E-state index in [0.717, 1.165) is 0 Å². The molecule has 0 aromatic heterocycles. The van der Waals surface area contributed by atoms with Gasteiger partial charge in [0.1, 0.15) is 0 Å². The van der Waals surface area contributed by atoms with Crippen molar-refractivity contribution in [2.24, 2.45) is 0 Å². The van der Waals surface area contributed by atoms with E-state index >= 15 is 0 Å². The van der Waals surface area contributed by atoms with E-state index in [9.17, 15) is 8.42 Å². The zero-order valence-electron chi connectivity index (χ0n) is 10.8. The predicted octanol–water partition coefficient (Wildman–Crippen LogP) is 2.25. The van der Waals surface area contributed by atoms with Crippen LogP contribution >= 0.6 is 0 Å². The van der Waals surface area contributed by atoms with Crippen molar-refractivity contribution in [3.63, 3.8) is 0 Å². The van der Waals surface area contributed by atoms with Gasteiger partial charge >= 0.3 is 0 Å². The van der Waals surface area contributed by atoms with Crippen molar-refractivity contribution < 1.29 is 8.42 Å². The zero-order chi connectivity index (χ0) is 14.8. The van der Waals surface area contributed by atoms with E-state index in [4.69, 9.17) is 11.0 Å². The molecule has 0 unspecified atom stereocenters. The third-order valence-electron chi connectivity index (χ3n) is 2.73. The number of hydrogen-bond donors (Lipinski definition) is 2. The van der Waals surface area contributed by atoms with Gasteiger partial charge in [-0.1, -0.05) is 6.07 Å². The Kier molecular flexibility index (Phi) is 3.63. The van der Waals surface area contributed by atoms with Crippen LogP contribution in [0.15, 0.2) is 47.4 Å². The number of rotatable bonds is 3. The van der Waals surface area contributed by atoms with Crippen LogP contribution in [0.3, 0.4) is 0 Å². The Labute approximate surface area is 117 Å². The Morgan fingerprint density at radius 3 is 2.55 bits per heavy atom. The van der Waals surface area contributed by atoms with E-state index < -0.39 is 10.0 Å². The van der Waals surface area contributed by atoms with Gasteiger partial charge in [-0.05, 0) is 48.9 Å². The maximum atomic E-state index is 12.3. The van der Waals surface area contributed by atoms with Gasteiger partial charge in [-0.25, -0.2) is 8.42 Å². The molecular formula is C14H13N3O2S. The van der Waals surface area contributed by atoms with E-state index in [0.29, 0.717) is 22.5 Å². The number of nitrogens with one attached hydrogen (secondary N) is 1. The summed E-state index contributed by atoms with van der Waals surface area (Å²) in [5, 5.41) is 8.79. The predicted molar refractivity (Wildman–Crippen MR) is 77.6 cm³/mol. The summed E-state index contributed by atoms with van der Waals surface area (Å²) in [7, 11) is -3.70. The van der Waals surface area contributed by atoms with Gasteiger partial charge in [-0.2, -0.15) is 5.26 Å². The number of anilines is 2. The molecule has 0 aliphatic rings. The molecule has 0 aliphatic heterocycles. The average Bonchev–Trinajstić information content (AvgIpc) is 2.37. The Balaban J connectivity index is 2.39. The molecule has 2 rings (SSSR count). The number of nitrogen functional groups attached to an aromatic ring is 1. The highest BCUT2D eigenvalue weighted by Crippen LogP contribution is 2.21. The lowest BCUT2D eigenvalue weighted by molar-refractivity contribution is 0.600. The number of hydrogen-bond acceptors (Lipinski definition) is 4. The van der Waals surface area contributed by atoms with Crippen molar-refractivity contribution >= 4 is 21.4 Å². The highest BCUT2D eigenvalue weighted by Gasteiger charge is 2.17. The summed E-state index contributed by atoms with van der Waals surface area (Å²) in [5.41, 5.74) is 7.42. The van der Waals surface area contributed by atoms with Gasteiger partial charge in [0, 0.05) is 5.69 Å². The second kappa shape index (κ2) is 5.23. The fraction of sp³-hybridized carbons (Fsp3) is 0.0714. The van der Waals surface area contributed by atoms with Crippen molar-refractivity contribution in [3.05, 3.63) is 53.6 Å². The van der Waals surface area contributed by atoms with Crippen LogP contribution in [-0.2, 0) is 10.0 Å². The van der Waals surface area contributed by atoms with Crippen LogP contribution in [0.25, 0.3) is 0 Å². The van der Waals surface area contributed by atoms with Gasteiger partial charge in [-0.15, -0.1) is 0 Å². The monoisotopic (exact) mass is 287 g/mol. The normalized spacial score (nSPS) is 10.8. The van der Waals surface area contributed by atoms with Crippen LogP contribution in [0.4, 0.5) is 11.4 Å². The summed E-state index contributed by atoms with van der Waals surface area (Å²) in [6.07, 6.45) is 0. The van der Waals surface area contributed by atoms with Gasteiger partial charge in [0.25, 0.3) is 10.0 Å². The molecule has 20 heavy (non-hydrogen) atoms. The summed E-state index contributed by atoms with van der Waals surface area (Å²) in [6.45, 7) is 1.65. The van der Waals surface area contributed by atoms with Crippen LogP contribution in [0.5, 0.6) is 0 Å². The molecule has 0 aliphatic carbocycles. The number of sulfonamides is 1. The highest BCUT2D eigenvalue weighted by atomic mass is 32.2. The first-order chi connectivity index (χ1) is 9.42. The smallest absolute Gasteiger partial charge is 0.262 e. The molecular weight excluding hydrogens is 274 g/mol. The molecule has 102 valence electrons. The molecule has 2 aromatic carbocycles. The molecule has 2 aromatic rings. The Morgan fingerprint density at radius 2 is 1.95 bits per heavy atom. The number of nitriles is 1. The molecule has 3 N–H and O–H groups in total. The van der Waals surface area contributed by atoms with E-state index in [2.05, 4.69) is 4.72 Å². The lowest BCUT2D eigenvalue weighted by Crippen LogP contribution is -2.14. The largest absolute Gasteiger partial charge is 0.399 e. The number of nitrogens with two attached hydrogens (primary N) is 1. The minimum atomic E-state index is -3.70. The topological polar surface area (TPSA) is 96.0 Å². The van der Waals surface area contributed by atoms with E-state index in [1.54, 1.807) is 25.1 Å². The first-order valence-electron chi connectivity index (χ1n) is 5.81. The third kappa shape index (κ3) is 2.90. The van der Waals surface area contributed by atoms with Crippen molar-refractivity contribution in [3.8, 4) is 6.07 Å². The van der Waals surface area contributed by atoms with Crippen molar-refractivity contribution in [2.75, 3.05) is 10.5 Å². The van der Waals surface area contributed by atoms with Crippen LogP contribution in [-0.4, -0.2) is 8.42 Å². The third-order valence-corrected chi connectivity index (χ3v) is 4.27. The molecule has 0 radical (unpaired) electrons. The summed E-state index contributed by atoms with van der Waals surface area (Å²) in [6, 6.07) is 12.9. The van der Waals surface area contributed by atoms with Crippen LogP contribution in [0, 0.1) is 18.3 Å². The highest BCUT2D eigenvalue weighted by molar-refractivity contribution is 7.92. The fourth-order valence-corrected chi connectivity index (χ4v) is 3.11. The number of aryl methyl sites for hydroxylation is 1. The van der Waals surface area contributed by atoms with Crippen molar-refractivity contribution in [1.29, 1.82) is 5.26 Å².